The Labute approximate surface area is 218 Å². The predicted octanol–water partition coefficient (Wildman–Crippen LogP) is 7.22. The van der Waals surface area contributed by atoms with Crippen molar-refractivity contribution in [3.63, 3.8) is 0 Å². The van der Waals surface area contributed by atoms with Gasteiger partial charge in [-0.25, -0.2) is 0 Å². The van der Waals surface area contributed by atoms with Gasteiger partial charge >= 0.3 is 220 Å². The fourth-order valence-corrected chi connectivity index (χ4v) is 22.1. The molecule has 3 rings (SSSR count). The van der Waals surface area contributed by atoms with Crippen LogP contribution in [0.4, 0.5) is 0 Å². The molecule has 0 spiro atoms. The first kappa shape index (κ1) is 28.2. The number of primary amides is 1. The Kier molecular flexibility index (Phi) is 11.6. The molecule has 1 aliphatic heterocycles. The molecule has 2 aromatic rings. The summed E-state index contributed by atoms with van der Waals surface area (Å²) >= 11 is -2.55. The number of hydrogen-bond acceptors (Lipinski definition) is 2. The number of benzene rings is 2. The normalized spacial score (nSPS) is 15.4. The number of nitrogens with zero attached hydrogens (tertiary/aromatic N) is 1. The van der Waals surface area contributed by atoms with E-state index in [1.165, 1.54) is 63.0 Å². The number of nitrogens with two attached hydrogens (primary N) is 1. The zero-order valence-corrected chi connectivity index (χ0v) is 25.4. The zero-order chi connectivity index (χ0) is 25.1. The first-order valence-corrected chi connectivity index (χ1v) is 21.7. The van der Waals surface area contributed by atoms with E-state index in [1.54, 1.807) is 3.58 Å². The molecule has 192 valence electrons. The minimum atomic E-state index is -2.55. The Balaban J connectivity index is 1.86. The molecule has 2 aromatic carbocycles. The van der Waals surface area contributed by atoms with Gasteiger partial charge < -0.3 is 0 Å². The van der Waals surface area contributed by atoms with Crippen LogP contribution in [0.15, 0.2) is 48.5 Å². The molecule has 0 radical (unpaired) electrons. The number of unbranched alkanes of at least 4 members (excludes halogenated alkanes) is 3. The van der Waals surface area contributed by atoms with E-state index in [9.17, 15) is 4.79 Å². The van der Waals surface area contributed by atoms with E-state index in [2.05, 4.69) is 74.2 Å². The average molecular weight is 583 g/mol. The summed E-state index contributed by atoms with van der Waals surface area (Å²) in [6.07, 6.45) is 10.1. The maximum atomic E-state index is 12.5. The van der Waals surface area contributed by atoms with Crippen molar-refractivity contribution in [2.45, 2.75) is 97.9 Å². The number of rotatable bonds is 14. The van der Waals surface area contributed by atoms with Crippen molar-refractivity contribution in [2.75, 3.05) is 13.1 Å². The van der Waals surface area contributed by atoms with E-state index >= 15 is 0 Å². The Morgan fingerprint density at radius 3 is 1.97 bits per heavy atom. The van der Waals surface area contributed by atoms with Gasteiger partial charge in [-0.2, -0.15) is 0 Å². The summed E-state index contributed by atoms with van der Waals surface area (Å²) in [6.45, 7) is 10.2. The Morgan fingerprint density at radius 1 is 0.886 bits per heavy atom. The average Bonchev–Trinajstić information content (AvgIpc) is 2.89. The van der Waals surface area contributed by atoms with E-state index in [0.717, 1.165) is 38.0 Å². The number of carbonyl (C=O) groups excluding carboxylic acids is 1. The third-order valence-electron chi connectivity index (χ3n) is 8.23. The van der Waals surface area contributed by atoms with Crippen LogP contribution in [-0.4, -0.2) is 42.3 Å². The molecule has 1 amide bonds. The van der Waals surface area contributed by atoms with Gasteiger partial charge in [0.2, 0.25) is 0 Å². The van der Waals surface area contributed by atoms with E-state index in [4.69, 9.17) is 5.73 Å². The van der Waals surface area contributed by atoms with Gasteiger partial charge in [-0.1, -0.05) is 0 Å². The molecule has 1 aliphatic rings. The summed E-state index contributed by atoms with van der Waals surface area (Å²) in [5.41, 5.74) is 9.34. The van der Waals surface area contributed by atoms with Crippen LogP contribution < -0.4 is 9.31 Å². The first-order chi connectivity index (χ1) is 17.0. The fraction of sp³-hybridized carbons (Fsp3) is 0.581. The van der Waals surface area contributed by atoms with Crippen LogP contribution in [0, 0.1) is 0 Å². The summed E-state index contributed by atoms with van der Waals surface area (Å²) in [6, 6.07) is 17.7. The molecule has 0 bridgehead atoms. The second kappa shape index (κ2) is 14.4. The number of likely N-dealkylation sites (tertiary alicyclic amines) is 1. The van der Waals surface area contributed by atoms with Crippen molar-refractivity contribution in [1.82, 2.24) is 4.90 Å². The monoisotopic (exact) mass is 584 g/mol. The summed E-state index contributed by atoms with van der Waals surface area (Å²) in [7, 11) is 0. The predicted molar refractivity (Wildman–Crippen MR) is 153 cm³/mol. The van der Waals surface area contributed by atoms with Crippen molar-refractivity contribution in [3.05, 3.63) is 65.2 Å². The summed E-state index contributed by atoms with van der Waals surface area (Å²) < 4.78 is 6.03. The molecule has 1 saturated heterocycles. The van der Waals surface area contributed by atoms with Gasteiger partial charge in [-0.15, -0.1) is 0 Å². The van der Waals surface area contributed by atoms with Crippen molar-refractivity contribution in [2.24, 2.45) is 5.73 Å². The molecule has 0 aromatic heterocycles. The minimum absolute atomic E-state index is 0.255. The topological polar surface area (TPSA) is 46.3 Å². The molecule has 0 aliphatic carbocycles. The summed E-state index contributed by atoms with van der Waals surface area (Å²) in [5.74, 6) is 0.187. The molecular weight excluding hydrogens is 535 g/mol. The van der Waals surface area contributed by atoms with Crippen LogP contribution in [0.3, 0.4) is 0 Å². The molecule has 2 N–H and O–H groups in total. The second-order valence-corrected chi connectivity index (χ2v) is 24.0. The van der Waals surface area contributed by atoms with Crippen molar-refractivity contribution in [1.29, 1.82) is 0 Å². The number of piperidine rings is 1. The molecule has 3 nitrogen and oxygen atoms in total. The summed E-state index contributed by atoms with van der Waals surface area (Å²) in [5, 5.41) is 0. The van der Waals surface area contributed by atoms with Crippen molar-refractivity contribution in [3.8, 4) is 0 Å². The standard InChI is InChI=1S/C19H21N2O.3C4H9.Sn/c20-19(22)18-9-5-4-8-17(18)16-10-12-21(13-11-16)14-15-6-2-1-3-7-15;3*1-3-4-2;/h1-3,5-9,16H,10-14H2,(H2,20,22);3*1,3-4H2,2H3;. The van der Waals surface area contributed by atoms with E-state index in [-0.39, 0.29) is 5.91 Å². The Hall–Kier alpha value is -1.33. The molecule has 0 atom stereocenters. The van der Waals surface area contributed by atoms with Crippen LogP contribution in [0.2, 0.25) is 13.3 Å². The number of carbonyl (C=O) groups is 1. The van der Waals surface area contributed by atoms with Crippen LogP contribution in [-0.2, 0) is 6.54 Å². The number of hydrogen-bond donors (Lipinski definition) is 1. The van der Waals surface area contributed by atoms with Crippen molar-refractivity contribution >= 4 is 27.9 Å². The van der Waals surface area contributed by atoms with E-state index in [1.807, 2.05) is 0 Å². The molecule has 1 fully saturated rings. The van der Waals surface area contributed by atoms with Crippen LogP contribution in [0.5, 0.6) is 0 Å². The molecule has 1 heterocycles. The SMILES string of the molecule is CCC[CH2][Sn]([CH2]CCC)([CH2]CCC)[c]1ccc(C(N)=O)c(C2CCN(Cc3ccccc3)CC2)c1. The first-order valence-electron chi connectivity index (χ1n) is 14.2. The van der Waals surface area contributed by atoms with E-state index < -0.39 is 18.4 Å². The fourth-order valence-electron chi connectivity index (χ4n) is 6.05. The van der Waals surface area contributed by atoms with Crippen LogP contribution in [0.25, 0.3) is 0 Å². The van der Waals surface area contributed by atoms with E-state index in [0.29, 0.717) is 5.92 Å². The van der Waals surface area contributed by atoms with Gasteiger partial charge in [0.25, 0.3) is 0 Å². The molecule has 35 heavy (non-hydrogen) atoms. The second-order valence-electron chi connectivity index (χ2n) is 10.8. The molecular formula is C31H48N2OSn. The number of amides is 1. The Bertz CT molecular complexity index is 884. The van der Waals surface area contributed by atoms with Gasteiger partial charge in [-0.3, -0.25) is 0 Å². The molecule has 0 saturated carbocycles. The van der Waals surface area contributed by atoms with Crippen LogP contribution in [0.1, 0.15) is 99.5 Å². The molecule has 0 unspecified atom stereocenters. The van der Waals surface area contributed by atoms with Gasteiger partial charge in [0, 0.05) is 0 Å². The third kappa shape index (κ3) is 7.82. The zero-order valence-electron chi connectivity index (χ0n) is 22.5. The quantitative estimate of drug-likeness (QED) is 0.239. The Morgan fingerprint density at radius 2 is 1.46 bits per heavy atom. The van der Waals surface area contributed by atoms with Gasteiger partial charge in [0.1, 0.15) is 0 Å². The van der Waals surface area contributed by atoms with Gasteiger partial charge in [0.05, 0.1) is 0 Å². The maximum absolute atomic E-state index is 12.5. The van der Waals surface area contributed by atoms with Crippen molar-refractivity contribution < 1.29 is 4.79 Å². The van der Waals surface area contributed by atoms with Gasteiger partial charge in [0.15, 0.2) is 0 Å². The van der Waals surface area contributed by atoms with Gasteiger partial charge in [-0.05, 0) is 0 Å². The molecule has 4 heteroatoms. The third-order valence-corrected chi connectivity index (χ3v) is 23.8. The summed E-state index contributed by atoms with van der Waals surface area (Å²) in [4.78, 5) is 15.0. The van der Waals surface area contributed by atoms with Crippen LogP contribution >= 0.6 is 0 Å².